The van der Waals surface area contributed by atoms with Gasteiger partial charge in [0, 0.05) is 26.3 Å². The first kappa shape index (κ1) is 20.2. The van der Waals surface area contributed by atoms with Crippen LogP contribution < -0.4 is 5.32 Å². The van der Waals surface area contributed by atoms with Crippen molar-refractivity contribution >= 4 is 35.5 Å². The molecule has 2 heterocycles. The van der Waals surface area contributed by atoms with Crippen LogP contribution in [0.4, 0.5) is 0 Å². The van der Waals surface area contributed by atoms with Crippen molar-refractivity contribution in [3.05, 3.63) is 35.9 Å². The average Bonchev–Trinajstić information content (AvgIpc) is 3.25. The predicted molar refractivity (Wildman–Crippen MR) is 103 cm³/mol. The number of rotatable bonds is 6. The lowest BCUT2D eigenvalue weighted by atomic mass is 10.0. The highest BCUT2D eigenvalue weighted by molar-refractivity contribution is 8.00. The molecule has 8 nitrogen and oxygen atoms in total. The lowest BCUT2D eigenvalue weighted by Gasteiger charge is -2.33. The van der Waals surface area contributed by atoms with E-state index in [0.29, 0.717) is 18.6 Å². The number of hydrogen-bond donors (Lipinski definition) is 1. The Bertz CT molecular complexity index is 787. The summed E-state index contributed by atoms with van der Waals surface area (Å²) in [5.41, 5.74) is 0.988. The van der Waals surface area contributed by atoms with Gasteiger partial charge in [-0.2, -0.15) is 0 Å². The molecule has 1 aromatic rings. The van der Waals surface area contributed by atoms with Crippen LogP contribution >= 0.6 is 11.8 Å². The summed E-state index contributed by atoms with van der Waals surface area (Å²) in [5.74, 6) is -1.06. The molecule has 3 rings (SSSR count). The Morgan fingerprint density at radius 1 is 1.32 bits per heavy atom. The molecule has 0 unspecified atom stereocenters. The number of nitrogens with zero attached hydrogens (tertiary/aromatic N) is 2. The second-order valence-corrected chi connectivity index (χ2v) is 8.07. The zero-order valence-electron chi connectivity index (χ0n) is 15.8. The Hall–Kier alpha value is -2.55. The summed E-state index contributed by atoms with van der Waals surface area (Å²) in [4.78, 5) is 50.8. The van der Waals surface area contributed by atoms with Gasteiger partial charge >= 0.3 is 5.97 Å². The van der Waals surface area contributed by atoms with E-state index in [2.05, 4.69) is 5.32 Å². The van der Waals surface area contributed by atoms with Crippen LogP contribution in [-0.4, -0.2) is 72.5 Å². The largest absolute Gasteiger partial charge is 0.454 e. The van der Waals surface area contributed by atoms with Gasteiger partial charge < -0.3 is 19.9 Å². The summed E-state index contributed by atoms with van der Waals surface area (Å²) < 4.78 is 5.19. The van der Waals surface area contributed by atoms with Crippen LogP contribution in [0.2, 0.25) is 0 Å². The smallest absolute Gasteiger partial charge is 0.330 e. The van der Waals surface area contributed by atoms with Crippen molar-refractivity contribution < 1.29 is 23.9 Å². The Morgan fingerprint density at radius 2 is 2.04 bits per heavy atom. The normalized spacial score (nSPS) is 23.3. The number of thioether (sulfide) groups is 1. The first-order chi connectivity index (χ1) is 13.4. The molecule has 28 heavy (non-hydrogen) atoms. The molecule has 2 atom stereocenters. The van der Waals surface area contributed by atoms with E-state index in [1.165, 1.54) is 19.0 Å². The lowest BCUT2D eigenvalue weighted by Crippen LogP contribution is -2.47. The van der Waals surface area contributed by atoms with Crippen LogP contribution in [0.15, 0.2) is 30.3 Å². The zero-order chi connectivity index (χ0) is 20.3. The number of likely N-dealkylation sites (N-methyl/N-ethyl adjacent to an activating group) is 2. The number of hydrogen-bond acceptors (Lipinski definition) is 6. The third-order valence-corrected chi connectivity index (χ3v) is 6.64. The van der Waals surface area contributed by atoms with Gasteiger partial charge in [-0.05, 0) is 12.0 Å². The minimum absolute atomic E-state index is 0.0844. The van der Waals surface area contributed by atoms with Gasteiger partial charge in [0.1, 0.15) is 10.9 Å². The van der Waals surface area contributed by atoms with Crippen LogP contribution in [0.5, 0.6) is 0 Å². The molecule has 0 aliphatic carbocycles. The number of esters is 1. The molecule has 0 saturated carbocycles. The van der Waals surface area contributed by atoms with Gasteiger partial charge in [-0.3, -0.25) is 14.4 Å². The maximum atomic E-state index is 12.6. The molecular formula is C19H23N3O5S. The summed E-state index contributed by atoms with van der Waals surface area (Å²) in [6.45, 7) is -0.582. The van der Waals surface area contributed by atoms with Gasteiger partial charge in [-0.25, -0.2) is 4.79 Å². The highest BCUT2D eigenvalue weighted by Crippen LogP contribution is 2.54. The number of carbonyl (C=O) groups excluding carboxylic acids is 4. The Morgan fingerprint density at radius 3 is 2.71 bits per heavy atom. The summed E-state index contributed by atoms with van der Waals surface area (Å²) >= 11 is 1.56. The van der Waals surface area contributed by atoms with Gasteiger partial charge in [0.2, 0.25) is 11.8 Å². The van der Waals surface area contributed by atoms with Crippen molar-refractivity contribution in [2.75, 3.05) is 33.0 Å². The van der Waals surface area contributed by atoms with Crippen molar-refractivity contribution in [1.29, 1.82) is 0 Å². The molecule has 3 amide bonds. The van der Waals surface area contributed by atoms with E-state index in [9.17, 15) is 19.2 Å². The Balaban J connectivity index is 1.66. The van der Waals surface area contributed by atoms with Gasteiger partial charge in [0.15, 0.2) is 6.61 Å². The lowest BCUT2D eigenvalue weighted by molar-refractivity contribution is -0.158. The fraction of sp³-hybridized carbons (Fsp3) is 0.474. The van der Waals surface area contributed by atoms with E-state index < -0.39 is 29.4 Å². The van der Waals surface area contributed by atoms with E-state index in [4.69, 9.17) is 4.74 Å². The van der Waals surface area contributed by atoms with Crippen LogP contribution in [0.25, 0.3) is 0 Å². The summed E-state index contributed by atoms with van der Waals surface area (Å²) in [7, 11) is 2.94. The number of ether oxygens (including phenoxy) is 1. The number of nitrogens with one attached hydrogen (secondary N) is 1. The third-order valence-electron chi connectivity index (χ3n) is 5.05. The molecule has 1 N–H and O–H groups in total. The summed E-state index contributed by atoms with van der Waals surface area (Å²) in [6.07, 6.45) is 1.01. The highest BCUT2D eigenvalue weighted by atomic mass is 32.2. The summed E-state index contributed by atoms with van der Waals surface area (Å²) in [5, 5.41) is 2.42. The van der Waals surface area contributed by atoms with Crippen molar-refractivity contribution in [2.24, 2.45) is 0 Å². The number of benzene rings is 1. The first-order valence-corrected chi connectivity index (χ1v) is 10.0. The van der Waals surface area contributed by atoms with Crippen molar-refractivity contribution in [3.8, 4) is 0 Å². The molecule has 2 aliphatic rings. The van der Waals surface area contributed by atoms with Gasteiger partial charge in [0.25, 0.3) is 5.91 Å². The van der Waals surface area contributed by atoms with Gasteiger partial charge in [-0.1, -0.05) is 30.3 Å². The molecule has 2 aliphatic heterocycles. The first-order valence-electron chi connectivity index (χ1n) is 9.02. The molecule has 1 aromatic carbocycles. The second-order valence-electron chi connectivity index (χ2n) is 6.77. The van der Waals surface area contributed by atoms with Crippen LogP contribution in [0.3, 0.4) is 0 Å². The second kappa shape index (κ2) is 8.22. The molecule has 150 valence electrons. The molecule has 0 spiro atoms. The van der Waals surface area contributed by atoms with E-state index in [1.54, 1.807) is 16.7 Å². The maximum Gasteiger partial charge on any atom is 0.330 e. The highest BCUT2D eigenvalue weighted by Gasteiger charge is 2.57. The number of carbonyl (C=O) groups is 4. The average molecular weight is 405 g/mol. The predicted octanol–water partition coefficient (Wildman–Crippen LogP) is 0.325. The number of amides is 3. The van der Waals surface area contributed by atoms with Gasteiger partial charge in [-0.15, -0.1) is 11.8 Å². The van der Waals surface area contributed by atoms with E-state index in [0.717, 1.165) is 5.56 Å². The SMILES string of the molecule is CNC(=O)CN(C)C(=O)COC(=O)[C@H]1CS[C@]2(c3ccccc3)CCC(=O)N12. The summed E-state index contributed by atoms with van der Waals surface area (Å²) in [6, 6.07) is 8.94. The van der Waals surface area contributed by atoms with E-state index in [-0.39, 0.29) is 18.4 Å². The van der Waals surface area contributed by atoms with Crippen LogP contribution in [0, 0.1) is 0 Å². The van der Waals surface area contributed by atoms with E-state index >= 15 is 0 Å². The quantitative estimate of drug-likeness (QED) is 0.685. The molecule has 9 heteroatoms. The zero-order valence-corrected chi connectivity index (χ0v) is 16.7. The van der Waals surface area contributed by atoms with Crippen molar-refractivity contribution in [2.45, 2.75) is 23.8 Å². The Kier molecular flexibility index (Phi) is 5.93. The molecule has 2 saturated heterocycles. The molecule has 0 radical (unpaired) electrons. The van der Waals surface area contributed by atoms with Crippen molar-refractivity contribution in [1.82, 2.24) is 15.1 Å². The number of fused-ring (bicyclic) bond motifs is 1. The third kappa shape index (κ3) is 3.71. The van der Waals surface area contributed by atoms with Crippen LogP contribution in [-0.2, 0) is 28.8 Å². The standard InChI is InChI=1S/C19H23N3O5S/c1-20-15(23)10-21(2)17(25)11-27-18(26)14-12-28-19(9-8-16(24)22(14)19)13-6-4-3-5-7-13/h3-7,14H,8-12H2,1-2H3,(H,20,23)/t14-,19+/m1/s1. The topological polar surface area (TPSA) is 96.0 Å². The molecule has 0 bridgehead atoms. The molecular weight excluding hydrogens is 382 g/mol. The fourth-order valence-corrected chi connectivity index (χ4v) is 5.17. The minimum Gasteiger partial charge on any atom is -0.454 e. The molecule has 2 fully saturated rings. The van der Waals surface area contributed by atoms with Crippen molar-refractivity contribution in [3.63, 3.8) is 0 Å². The Labute approximate surface area is 167 Å². The maximum absolute atomic E-state index is 12.6. The van der Waals surface area contributed by atoms with E-state index in [1.807, 2.05) is 30.3 Å². The minimum atomic E-state index is -0.725. The monoisotopic (exact) mass is 405 g/mol. The van der Waals surface area contributed by atoms with Crippen LogP contribution in [0.1, 0.15) is 18.4 Å². The fourth-order valence-electron chi connectivity index (χ4n) is 3.54. The van der Waals surface area contributed by atoms with Gasteiger partial charge in [0.05, 0.1) is 6.54 Å². The molecule has 0 aromatic heterocycles.